The SMILES string of the molecule is CC(c1oc(=O)n(C)c1O)=c1ccc2c(c1)-c1ccccc1N=2. The summed E-state index contributed by atoms with van der Waals surface area (Å²) in [5.74, 6) is -0.558. The second kappa shape index (κ2) is 4.71. The van der Waals surface area contributed by atoms with Gasteiger partial charge in [-0.25, -0.2) is 14.4 Å². The van der Waals surface area contributed by atoms with Crippen molar-refractivity contribution in [2.75, 3.05) is 0 Å². The van der Waals surface area contributed by atoms with Crippen LogP contribution in [0.2, 0.25) is 0 Å². The summed E-state index contributed by atoms with van der Waals surface area (Å²) in [5, 5.41) is 11.8. The summed E-state index contributed by atoms with van der Waals surface area (Å²) in [6.45, 7) is 1.82. The van der Waals surface area contributed by atoms with Crippen molar-refractivity contribution in [2.45, 2.75) is 6.92 Å². The molecule has 2 heterocycles. The quantitative estimate of drug-likeness (QED) is 0.583. The third-order valence-electron chi connectivity index (χ3n) is 4.19. The van der Waals surface area contributed by atoms with Gasteiger partial charge in [-0.15, -0.1) is 0 Å². The smallest absolute Gasteiger partial charge is 0.422 e. The summed E-state index contributed by atoms with van der Waals surface area (Å²) in [4.78, 5) is 16.1. The minimum absolute atomic E-state index is 0.168. The first kappa shape index (κ1) is 13.6. The summed E-state index contributed by atoms with van der Waals surface area (Å²) in [6.07, 6.45) is 0. The fraction of sp³-hybridized carbons (Fsp3) is 0.111. The Kier molecular flexibility index (Phi) is 2.78. The lowest BCUT2D eigenvalue weighted by Gasteiger charge is -2.01. The molecule has 0 saturated heterocycles. The number of hydrogen-bond donors (Lipinski definition) is 1. The Morgan fingerprint density at radius 2 is 1.96 bits per heavy atom. The molecular weight excluding hydrogens is 292 g/mol. The number of nitrogens with zero attached hydrogens (tertiary/aromatic N) is 2. The minimum atomic E-state index is -0.585. The van der Waals surface area contributed by atoms with Gasteiger partial charge in [-0.1, -0.05) is 24.3 Å². The van der Waals surface area contributed by atoms with E-state index in [1.54, 1.807) is 0 Å². The van der Waals surface area contributed by atoms with E-state index in [1.165, 1.54) is 7.05 Å². The van der Waals surface area contributed by atoms with Gasteiger partial charge in [-0.3, -0.25) is 0 Å². The Bertz CT molecular complexity index is 1120. The summed E-state index contributed by atoms with van der Waals surface area (Å²) < 4.78 is 6.23. The maximum atomic E-state index is 11.6. The van der Waals surface area contributed by atoms with Gasteiger partial charge >= 0.3 is 5.76 Å². The van der Waals surface area contributed by atoms with Crippen LogP contribution in [0.25, 0.3) is 16.7 Å². The van der Waals surface area contributed by atoms with Gasteiger partial charge in [-0.05, 0) is 30.3 Å². The van der Waals surface area contributed by atoms with E-state index in [2.05, 4.69) is 4.99 Å². The monoisotopic (exact) mass is 306 g/mol. The van der Waals surface area contributed by atoms with Gasteiger partial charge < -0.3 is 9.52 Å². The molecule has 1 aliphatic heterocycles. The van der Waals surface area contributed by atoms with E-state index in [9.17, 15) is 9.90 Å². The van der Waals surface area contributed by atoms with Crippen LogP contribution in [-0.2, 0) is 7.05 Å². The molecule has 0 aliphatic carbocycles. The molecule has 0 atom stereocenters. The van der Waals surface area contributed by atoms with E-state index >= 15 is 0 Å². The van der Waals surface area contributed by atoms with E-state index in [1.807, 2.05) is 49.4 Å². The maximum Gasteiger partial charge on any atom is 0.422 e. The van der Waals surface area contributed by atoms with Crippen molar-refractivity contribution in [3.05, 3.63) is 69.4 Å². The van der Waals surface area contributed by atoms with Gasteiger partial charge in [0.2, 0.25) is 5.88 Å². The molecule has 1 aromatic heterocycles. The topological polar surface area (TPSA) is 67.7 Å². The molecule has 23 heavy (non-hydrogen) atoms. The second-order valence-corrected chi connectivity index (χ2v) is 5.57. The molecule has 5 heteroatoms. The maximum absolute atomic E-state index is 11.6. The van der Waals surface area contributed by atoms with E-state index in [-0.39, 0.29) is 11.6 Å². The third-order valence-corrected chi connectivity index (χ3v) is 4.19. The van der Waals surface area contributed by atoms with Crippen molar-refractivity contribution in [1.29, 1.82) is 0 Å². The lowest BCUT2D eigenvalue weighted by molar-refractivity contribution is 0.427. The third kappa shape index (κ3) is 1.93. The van der Waals surface area contributed by atoms with Crippen LogP contribution in [0, 0.1) is 0 Å². The predicted molar refractivity (Wildman–Crippen MR) is 86.1 cm³/mol. The lowest BCUT2D eigenvalue weighted by Crippen LogP contribution is -2.11. The van der Waals surface area contributed by atoms with Gasteiger partial charge in [0.15, 0.2) is 5.76 Å². The summed E-state index contributed by atoms with van der Waals surface area (Å²) in [7, 11) is 1.47. The number of rotatable bonds is 1. The molecule has 3 aromatic rings. The van der Waals surface area contributed by atoms with Crippen LogP contribution < -0.4 is 16.3 Å². The number of benzene rings is 2. The zero-order valence-corrected chi connectivity index (χ0v) is 12.7. The van der Waals surface area contributed by atoms with Gasteiger partial charge in [0.05, 0.1) is 11.0 Å². The highest BCUT2D eigenvalue weighted by Crippen LogP contribution is 2.31. The Hall–Kier alpha value is -3.08. The average molecular weight is 306 g/mol. The molecule has 0 saturated carbocycles. The number of hydrogen-bond acceptors (Lipinski definition) is 4. The Balaban J connectivity index is 1.98. The first-order valence-corrected chi connectivity index (χ1v) is 7.24. The fourth-order valence-electron chi connectivity index (χ4n) is 2.83. The zero-order valence-electron chi connectivity index (χ0n) is 12.7. The Morgan fingerprint density at radius 3 is 2.70 bits per heavy atom. The van der Waals surface area contributed by atoms with Crippen LogP contribution in [-0.4, -0.2) is 9.67 Å². The molecule has 5 nitrogen and oxygen atoms in total. The van der Waals surface area contributed by atoms with Crippen LogP contribution >= 0.6 is 0 Å². The molecule has 1 N–H and O–H groups in total. The van der Waals surface area contributed by atoms with Crippen molar-refractivity contribution >= 4 is 11.3 Å². The van der Waals surface area contributed by atoms with E-state index in [0.29, 0.717) is 5.57 Å². The van der Waals surface area contributed by atoms with Crippen LogP contribution in [0.5, 0.6) is 5.88 Å². The van der Waals surface area contributed by atoms with Gasteiger partial charge in [0.1, 0.15) is 0 Å². The van der Waals surface area contributed by atoms with Crippen LogP contribution in [0.4, 0.5) is 5.69 Å². The van der Waals surface area contributed by atoms with Crippen molar-refractivity contribution in [3.8, 4) is 17.0 Å². The largest absolute Gasteiger partial charge is 0.492 e. The van der Waals surface area contributed by atoms with Gasteiger partial charge in [0, 0.05) is 23.7 Å². The molecule has 0 fully saturated rings. The predicted octanol–water partition coefficient (Wildman–Crippen LogP) is 1.83. The highest BCUT2D eigenvalue weighted by Gasteiger charge is 2.16. The molecule has 0 amide bonds. The summed E-state index contributed by atoms with van der Waals surface area (Å²) >= 11 is 0. The van der Waals surface area contributed by atoms with Crippen LogP contribution in [0.1, 0.15) is 12.7 Å². The van der Waals surface area contributed by atoms with Crippen LogP contribution in [0.15, 0.2) is 56.7 Å². The number of aromatic hydroxyl groups is 1. The van der Waals surface area contributed by atoms with Gasteiger partial charge in [0.25, 0.3) is 0 Å². The Morgan fingerprint density at radius 1 is 1.17 bits per heavy atom. The molecular formula is C18H14N2O3. The molecule has 0 unspecified atom stereocenters. The van der Waals surface area contributed by atoms with Crippen LogP contribution in [0.3, 0.4) is 0 Å². The molecule has 1 aliphatic rings. The normalized spacial score (nSPS) is 13.3. The van der Waals surface area contributed by atoms with E-state index < -0.39 is 5.76 Å². The Labute approximate surface area is 131 Å². The molecule has 114 valence electrons. The van der Waals surface area contributed by atoms with E-state index in [4.69, 9.17) is 4.42 Å². The number of para-hydroxylation sites is 1. The lowest BCUT2D eigenvalue weighted by atomic mass is 10.0. The summed E-state index contributed by atoms with van der Waals surface area (Å²) in [6, 6.07) is 13.8. The second-order valence-electron chi connectivity index (χ2n) is 5.57. The molecule has 0 spiro atoms. The fourth-order valence-corrected chi connectivity index (χ4v) is 2.83. The number of oxazole rings is 1. The van der Waals surface area contributed by atoms with Crippen molar-refractivity contribution in [1.82, 2.24) is 4.57 Å². The number of aromatic nitrogens is 1. The first-order valence-electron chi connectivity index (χ1n) is 7.24. The van der Waals surface area contributed by atoms with Gasteiger partial charge in [-0.2, -0.15) is 0 Å². The van der Waals surface area contributed by atoms with Crippen molar-refractivity contribution < 1.29 is 9.52 Å². The molecule has 0 radical (unpaired) electrons. The highest BCUT2D eigenvalue weighted by atomic mass is 16.4. The molecule has 0 bridgehead atoms. The summed E-state index contributed by atoms with van der Waals surface area (Å²) in [5.41, 5.74) is 3.77. The van der Waals surface area contributed by atoms with Crippen molar-refractivity contribution in [2.24, 2.45) is 12.0 Å². The molecule has 2 aromatic carbocycles. The average Bonchev–Trinajstić information content (AvgIpc) is 3.06. The minimum Gasteiger partial charge on any atom is -0.492 e. The standard InChI is InChI=1S/C18H14N2O3/c1-10(16-17(21)20(2)18(22)23-16)11-7-8-15-13(9-11)12-5-3-4-6-14(12)19-15/h3-9,21H,1-2H3. The first-order chi connectivity index (χ1) is 11.1. The van der Waals surface area contributed by atoms with Crippen molar-refractivity contribution in [3.63, 3.8) is 0 Å². The zero-order chi connectivity index (χ0) is 16.1. The van der Waals surface area contributed by atoms with E-state index in [0.717, 1.165) is 32.0 Å². The molecule has 4 rings (SSSR count). The number of fused-ring (bicyclic) bond motifs is 3. The highest BCUT2D eigenvalue weighted by molar-refractivity contribution is 5.79.